The fraction of sp³-hybridized carbons (Fsp3) is 0.846. The van der Waals surface area contributed by atoms with E-state index in [2.05, 4.69) is 0 Å². The first-order valence-corrected chi connectivity index (χ1v) is 6.76. The Labute approximate surface area is 107 Å². The van der Waals surface area contributed by atoms with E-state index in [1.165, 1.54) is 24.2 Å². The Balaban J connectivity index is 2.03. The highest BCUT2D eigenvalue weighted by atomic mass is 16.4. The van der Waals surface area contributed by atoms with Crippen LogP contribution < -0.4 is 0 Å². The highest BCUT2D eigenvalue weighted by molar-refractivity contribution is 5.84. The van der Waals surface area contributed by atoms with Gasteiger partial charge in [0, 0.05) is 6.54 Å². The van der Waals surface area contributed by atoms with E-state index in [1.54, 1.807) is 0 Å². The molecule has 0 radical (unpaired) electrons. The largest absolute Gasteiger partial charge is 0.480 e. The number of carboxylic acids is 1. The van der Waals surface area contributed by atoms with E-state index in [-0.39, 0.29) is 0 Å². The van der Waals surface area contributed by atoms with Gasteiger partial charge in [0.25, 0.3) is 0 Å². The highest BCUT2D eigenvalue weighted by Crippen LogP contribution is 2.37. The van der Waals surface area contributed by atoms with Crippen LogP contribution in [0.15, 0.2) is 0 Å². The quantitative estimate of drug-likeness (QED) is 0.784. The molecule has 2 atom stereocenters. The maximum Gasteiger partial charge on any atom is 0.326 e. The van der Waals surface area contributed by atoms with E-state index < -0.39 is 24.5 Å². The number of nitrogens with zero attached hydrogens (tertiary/aromatic N) is 1. The molecule has 0 aromatic carbocycles. The molecule has 102 valence electrons. The molecule has 2 N–H and O–H groups in total. The van der Waals surface area contributed by atoms with Crippen LogP contribution in [0.5, 0.6) is 0 Å². The van der Waals surface area contributed by atoms with E-state index in [4.69, 9.17) is 10.2 Å². The Kier molecular flexibility index (Phi) is 4.22. The SMILES string of the molecule is O=C(O)[C@H]1CC(C2CCCCC2)CN1C(=O)CO. The normalized spacial score (nSPS) is 29.5. The minimum atomic E-state index is -0.949. The summed E-state index contributed by atoms with van der Waals surface area (Å²) in [7, 11) is 0. The second-order valence-corrected chi connectivity index (χ2v) is 5.45. The summed E-state index contributed by atoms with van der Waals surface area (Å²) in [5, 5.41) is 18.1. The van der Waals surface area contributed by atoms with Gasteiger partial charge in [-0.2, -0.15) is 0 Å². The fourth-order valence-electron chi connectivity index (χ4n) is 3.42. The molecule has 18 heavy (non-hydrogen) atoms. The molecule has 0 aromatic heterocycles. The molecule has 1 amide bonds. The number of rotatable bonds is 3. The van der Waals surface area contributed by atoms with Gasteiger partial charge in [0.05, 0.1) is 0 Å². The Hall–Kier alpha value is -1.10. The van der Waals surface area contributed by atoms with Crippen LogP contribution in [0.1, 0.15) is 38.5 Å². The molecule has 1 unspecified atom stereocenters. The molecule has 2 aliphatic rings. The number of carbonyl (C=O) groups excluding carboxylic acids is 1. The number of aliphatic hydroxyl groups is 1. The third-order valence-electron chi connectivity index (χ3n) is 4.39. The van der Waals surface area contributed by atoms with Crippen molar-refractivity contribution < 1.29 is 19.8 Å². The lowest BCUT2D eigenvalue weighted by Crippen LogP contribution is -2.41. The molecule has 2 rings (SSSR count). The Morgan fingerprint density at radius 1 is 1.11 bits per heavy atom. The number of likely N-dealkylation sites (tertiary alicyclic amines) is 1. The summed E-state index contributed by atoms with van der Waals surface area (Å²) < 4.78 is 0. The smallest absolute Gasteiger partial charge is 0.326 e. The van der Waals surface area contributed by atoms with Gasteiger partial charge >= 0.3 is 5.97 Å². The van der Waals surface area contributed by atoms with Crippen LogP contribution in [0, 0.1) is 11.8 Å². The zero-order chi connectivity index (χ0) is 13.1. The summed E-state index contributed by atoms with van der Waals surface area (Å²) in [5.74, 6) is -0.560. The lowest BCUT2D eigenvalue weighted by Gasteiger charge is -2.27. The summed E-state index contributed by atoms with van der Waals surface area (Å²) in [6.45, 7) is -0.0950. The van der Waals surface area contributed by atoms with Crippen molar-refractivity contribution >= 4 is 11.9 Å². The number of amides is 1. The Morgan fingerprint density at radius 3 is 2.33 bits per heavy atom. The van der Waals surface area contributed by atoms with Crippen LogP contribution in [0.25, 0.3) is 0 Å². The van der Waals surface area contributed by atoms with Gasteiger partial charge in [-0.1, -0.05) is 32.1 Å². The first-order chi connectivity index (χ1) is 8.63. The average molecular weight is 255 g/mol. The van der Waals surface area contributed by atoms with Crippen molar-refractivity contribution in [1.29, 1.82) is 0 Å². The molecule has 5 heteroatoms. The molecule has 5 nitrogen and oxygen atoms in total. The monoisotopic (exact) mass is 255 g/mol. The Morgan fingerprint density at radius 2 is 1.78 bits per heavy atom. The lowest BCUT2D eigenvalue weighted by molar-refractivity contribution is -0.149. The number of aliphatic carboxylic acids is 1. The molecule has 1 saturated carbocycles. The van der Waals surface area contributed by atoms with Crippen LogP contribution in [0.4, 0.5) is 0 Å². The number of hydrogen-bond acceptors (Lipinski definition) is 3. The maximum absolute atomic E-state index is 11.6. The van der Waals surface area contributed by atoms with Crippen LogP contribution in [-0.4, -0.2) is 46.2 Å². The van der Waals surface area contributed by atoms with Crippen LogP contribution >= 0.6 is 0 Å². The maximum atomic E-state index is 11.6. The van der Waals surface area contributed by atoms with Crippen LogP contribution in [-0.2, 0) is 9.59 Å². The van der Waals surface area contributed by atoms with Gasteiger partial charge in [0.1, 0.15) is 12.6 Å². The van der Waals surface area contributed by atoms with Crippen molar-refractivity contribution in [3.05, 3.63) is 0 Å². The minimum Gasteiger partial charge on any atom is -0.480 e. The van der Waals surface area contributed by atoms with Gasteiger partial charge in [-0.15, -0.1) is 0 Å². The fourth-order valence-corrected chi connectivity index (χ4v) is 3.42. The van der Waals surface area contributed by atoms with E-state index in [0.717, 1.165) is 12.8 Å². The molecule has 0 aromatic rings. The molecule has 2 fully saturated rings. The van der Waals surface area contributed by atoms with Gasteiger partial charge in [-0.3, -0.25) is 4.79 Å². The highest BCUT2D eigenvalue weighted by Gasteiger charge is 2.42. The van der Waals surface area contributed by atoms with Crippen molar-refractivity contribution in [2.24, 2.45) is 11.8 Å². The molecule has 1 aliphatic heterocycles. The summed E-state index contributed by atoms with van der Waals surface area (Å²) in [5.41, 5.74) is 0. The van der Waals surface area contributed by atoms with E-state index in [0.29, 0.717) is 24.8 Å². The van der Waals surface area contributed by atoms with Crippen LogP contribution in [0.3, 0.4) is 0 Å². The van der Waals surface area contributed by atoms with Gasteiger partial charge < -0.3 is 15.1 Å². The van der Waals surface area contributed by atoms with Crippen LogP contribution in [0.2, 0.25) is 0 Å². The summed E-state index contributed by atoms with van der Waals surface area (Å²) in [6.07, 6.45) is 6.55. The predicted molar refractivity (Wildman–Crippen MR) is 64.9 cm³/mol. The van der Waals surface area contributed by atoms with Gasteiger partial charge in [0.15, 0.2) is 0 Å². The standard InChI is InChI=1S/C13H21NO4/c15-8-12(16)14-7-10(6-11(14)13(17)18)9-4-2-1-3-5-9/h9-11,15H,1-8H2,(H,17,18)/t10?,11-/m1/s1. The summed E-state index contributed by atoms with van der Waals surface area (Å²) >= 11 is 0. The molecule has 1 aliphatic carbocycles. The molecule has 1 saturated heterocycles. The lowest BCUT2D eigenvalue weighted by atomic mass is 9.79. The average Bonchev–Trinajstić information content (AvgIpc) is 2.84. The molecular weight excluding hydrogens is 234 g/mol. The van der Waals surface area contributed by atoms with Crippen molar-refractivity contribution in [1.82, 2.24) is 4.90 Å². The number of aliphatic hydroxyl groups excluding tert-OH is 1. The van der Waals surface area contributed by atoms with Crippen molar-refractivity contribution in [2.45, 2.75) is 44.6 Å². The van der Waals surface area contributed by atoms with E-state index in [1.807, 2.05) is 0 Å². The van der Waals surface area contributed by atoms with E-state index >= 15 is 0 Å². The molecule has 0 bridgehead atoms. The third kappa shape index (κ3) is 2.66. The van der Waals surface area contributed by atoms with Gasteiger partial charge in [0.2, 0.25) is 5.91 Å². The first kappa shape index (κ1) is 13.3. The molecule has 1 heterocycles. The Bertz CT molecular complexity index is 325. The van der Waals surface area contributed by atoms with Crippen molar-refractivity contribution in [3.63, 3.8) is 0 Å². The second-order valence-electron chi connectivity index (χ2n) is 5.45. The summed E-state index contributed by atoms with van der Waals surface area (Å²) in [6, 6.07) is -0.739. The first-order valence-electron chi connectivity index (χ1n) is 6.76. The summed E-state index contributed by atoms with van der Waals surface area (Å²) in [4.78, 5) is 24.1. The van der Waals surface area contributed by atoms with E-state index in [9.17, 15) is 9.59 Å². The third-order valence-corrected chi connectivity index (χ3v) is 4.39. The van der Waals surface area contributed by atoms with Crippen molar-refractivity contribution in [3.8, 4) is 0 Å². The zero-order valence-corrected chi connectivity index (χ0v) is 10.5. The molecular formula is C13H21NO4. The van der Waals surface area contributed by atoms with Gasteiger partial charge in [-0.05, 0) is 18.3 Å². The van der Waals surface area contributed by atoms with Crippen molar-refractivity contribution in [2.75, 3.05) is 13.2 Å². The predicted octanol–water partition coefficient (Wildman–Crippen LogP) is 0.861. The van der Waals surface area contributed by atoms with Gasteiger partial charge in [-0.25, -0.2) is 4.79 Å². The topological polar surface area (TPSA) is 77.8 Å². The number of carbonyl (C=O) groups is 2. The zero-order valence-electron chi connectivity index (χ0n) is 10.5. The number of carboxylic acid groups (broad SMARTS) is 1. The number of hydrogen-bond donors (Lipinski definition) is 2. The molecule has 0 spiro atoms. The second kappa shape index (κ2) is 5.69. The minimum absolute atomic E-state index is 0.293.